The molecule has 1 unspecified atom stereocenters. The molecule has 2 N–H and O–H groups in total. The van der Waals surface area contributed by atoms with E-state index in [-0.39, 0.29) is 24.2 Å². The fraction of sp³-hybridized carbons (Fsp3) is 0.625. The topological polar surface area (TPSA) is 47.7 Å². The molecule has 0 saturated carbocycles. The molecule has 2 rings (SSSR count). The van der Waals surface area contributed by atoms with E-state index in [2.05, 4.69) is 16.6 Å². The molecule has 1 aliphatic heterocycles. The Morgan fingerprint density at radius 3 is 2.43 bits per heavy atom. The van der Waals surface area contributed by atoms with E-state index in [1.54, 1.807) is 12.1 Å². The van der Waals surface area contributed by atoms with Crippen LogP contribution in [0.25, 0.3) is 0 Å². The van der Waals surface area contributed by atoms with Crippen molar-refractivity contribution in [1.29, 1.82) is 0 Å². The molecule has 0 radical (unpaired) electrons. The zero-order chi connectivity index (χ0) is 16.1. The largest absolute Gasteiger partial charge is 0.493 e. The second kappa shape index (κ2) is 9.25. The first-order valence-corrected chi connectivity index (χ1v) is 7.59. The smallest absolute Gasteiger partial charge is 0.387 e. The second-order valence-electron chi connectivity index (χ2n) is 5.84. The second-order valence-corrected chi connectivity index (χ2v) is 5.84. The third-order valence-electron chi connectivity index (χ3n) is 4.23. The van der Waals surface area contributed by atoms with Gasteiger partial charge in [-0.1, -0.05) is 6.07 Å². The molecule has 132 valence electrons. The number of halogens is 3. The van der Waals surface area contributed by atoms with Gasteiger partial charge in [0.1, 0.15) is 0 Å². The SMILES string of the molecule is COc1ccc(CN2CCC(C(C)N)CC2)cc1OC(F)F.Cl. The molecule has 0 spiro atoms. The molecule has 1 saturated heterocycles. The van der Waals surface area contributed by atoms with Gasteiger partial charge < -0.3 is 15.2 Å². The molecule has 1 fully saturated rings. The minimum absolute atomic E-state index is 0. The van der Waals surface area contributed by atoms with E-state index in [0.29, 0.717) is 11.7 Å². The fourth-order valence-corrected chi connectivity index (χ4v) is 2.90. The first-order chi connectivity index (χ1) is 10.5. The maximum Gasteiger partial charge on any atom is 0.387 e. The summed E-state index contributed by atoms with van der Waals surface area (Å²) in [6.07, 6.45) is 2.16. The van der Waals surface area contributed by atoms with E-state index >= 15 is 0 Å². The number of hydrogen-bond acceptors (Lipinski definition) is 4. The quantitative estimate of drug-likeness (QED) is 0.855. The zero-order valence-corrected chi connectivity index (χ0v) is 14.3. The van der Waals surface area contributed by atoms with Crippen LogP contribution < -0.4 is 15.2 Å². The van der Waals surface area contributed by atoms with Gasteiger partial charge in [0.15, 0.2) is 11.5 Å². The summed E-state index contributed by atoms with van der Waals surface area (Å²) in [6, 6.07) is 5.41. The number of hydrogen-bond donors (Lipinski definition) is 1. The number of methoxy groups -OCH3 is 1. The average Bonchev–Trinajstić information content (AvgIpc) is 2.47. The van der Waals surface area contributed by atoms with Crippen LogP contribution in [0.4, 0.5) is 8.78 Å². The summed E-state index contributed by atoms with van der Waals surface area (Å²) in [6.45, 7) is 1.87. The molecule has 0 bridgehead atoms. The molecule has 4 nitrogen and oxygen atoms in total. The summed E-state index contributed by atoms with van der Waals surface area (Å²) in [4.78, 5) is 2.31. The Morgan fingerprint density at radius 2 is 1.91 bits per heavy atom. The number of piperidine rings is 1. The van der Waals surface area contributed by atoms with Gasteiger partial charge in [0, 0.05) is 12.6 Å². The molecule has 1 aromatic carbocycles. The van der Waals surface area contributed by atoms with Gasteiger partial charge in [0.25, 0.3) is 0 Å². The highest BCUT2D eigenvalue weighted by molar-refractivity contribution is 5.85. The van der Waals surface area contributed by atoms with Crippen molar-refractivity contribution < 1.29 is 18.3 Å². The van der Waals surface area contributed by atoms with Gasteiger partial charge in [-0.15, -0.1) is 12.4 Å². The summed E-state index contributed by atoms with van der Waals surface area (Å²) >= 11 is 0. The summed E-state index contributed by atoms with van der Waals surface area (Å²) in [7, 11) is 1.44. The normalized spacial score (nSPS) is 17.7. The van der Waals surface area contributed by atoms with Crippen LogP contribution in [0.15, 0.2) is 18.2 Å². The van der Waals surface area contributed by atoms with Gasteiger partial charge in [0.05, 0.1) is 7.11 Å². The summed E-state index contributed by atoms with van der Waals surface area (Å²) in [5, 5.41) is 0. The van der Waals surface area contributed by atoms with Gasteiger partial charge in [-0.05, 0) is 56.5 Å². The standard InChI is InChI=1S/C16H24F2N2O2.ClH/c1-11(19)13-5-7-20(8-6-13)10-12-3-4-14(21-2)15(9-12)22-16(17)18;/h3-4,9,11,13,16H,5-8,10,19H2,1-2H3;1H. The Balaban J connectivity index is 0.00000264. The van der Waals surface area contributed by atoms with Crippen molar-refractivity contribution in [3.63, 3.8) is 0 Å². The van der Waals surface area contributed by atoms with Gasteiger partial charge in [-0.3, -0.25) is 4.90 Å². The van der Waals surface area contributed by atoms with Crippen LogP contribution in [0.3, 0.4) is 0 Å². The lowest BCUT2D eigenvalue weighted by Crippen LogP contribution is -2.39. The minimum Gasteiger partial charge on any atom is -0.493 e. The van der Waals surface area contributed by atoms with E-state index in [9.17, 15) is 8.78 Å². The highest BCUT2D eigenvalue weighted by atomic mass is 35.5. The van der Waals surface area contributed by atoms with Crippen LogP contribution in [0.5, 0.6) is 11.5 Å². The lowest BCUT2D eigenvalue weighted by atomic mass is 9.91. The Kier molecular flexibility index (Phi) is 8.02. The van der Waals surface area contributed by atoms with Crippen LogP contribution in [0.1, 0.15) is 25.3 Å². The molecule has 0 amide bonds. The Morgan fingerprint density at radius 1 is 1.26 bits per heavy atom. The van der Waals surface area contributed by atoms with Crippen molar-refractivity contribution in [1.82, 2.24) is 4.90 Å². The van der Waals surface area contributed by atoms with Gasteiger partial charge in [-0.25, -0.2) is 0 Å². The number of rotatable bonds is 6. The van der Waals surface area contributed by atoms with Crippen LogP contribution in [0.2, 0.25) is 0 Å². The summed E-state index contributed by atoms with van der Waals surface area (Å²) in [5.41, 5.74) is 6.88. The van der Waals surface area contributed by atoms with Gasteiger partial charge in [0.2, 0.25) is 0 Å². The molecule has 7 heteroatoms. The number of alkyl halides is 2. The minimum atomic E-state index is -2.86. The molecule has 1 aromatic rings. The predicted octanol–water partition coefficient (Wildman–Crippen LogP) is 3.28. The number of likely N-dealkylation sites (tertiary alicyclic amines) is 1. The number of nitrogens with two attached hydrogens (primary N) is 1. The molecular formula is C16H25ClF2N2O2. The van der Waals surface area contributed by atoms with E-state index in [0.717, 1.165) is 38.0 Å². The van der Waals surface area contributed by atoms with Crippen molar-refractivity contribution in [2.24, 2.45) is 11.7 Å². The highest BCUT2D eigenvalue weighted by Crippen LogP contribution is 2.30. The Labute approximate surface area is 142 Å². The van der Waals surface area contributed by atoms with Crippen LogP contribution in [-0.2, 0) is 6.54 Å². The van der Waals surface area contributed by atoms with E-state index in [1.165, 1.54) is 7.11 Å². The van der Waals surface area contributed by atoms with Crippen LogP contribution >= 0.6 is 12.4 Å². The van der Waals surface area contributed by atoms with Crippen molar-refractivity contribution in [2.75, 3.05) is 20.2 Å². The van der Waals surface area contributed by atoms with Crippen molar-refractivity contribution >= 4 is 12.4 Å². The monoisotopic (exact) mass is 350 g/mol. The van der Waals surface area contributed by atoms with E-state index < -0.39 is 6.61 Å². The average molecular weight is 351 g/mol. The molecule has 0 aromatic heterocycles. The third kappa shape index (κ3) is 5.79. The molecule has 1 heterocycles. The Hall–Kier alpha value is -1.11. The van der Waals surface area contributed by atoms with Crippen LogP contribution in [-0.4, -0.2) is 37.8 Å². The number of nitrogens with zero attached hydrogens (tertiary/aromatic N) is 1. The molecule has 23 heavy (non-hydrogen) atoms. The van der Waals surface area contributed by atoms with Crippen molar-refractivity contribution in [3.8, 4) is 11.5 Å². The first kappa shape index (κ1) is 19.9. The molecule has 1 atom stereocenters. The van der Waals surface area contributed by atoms with Crippen molar-refractivity contribution in [2.45, 2.75) is 39.0 Å². The lowest BCUT2D eigenvalue weighted by Gasteiger charge is -2.33. The third-order valence-corrected chi connectivity index (χ3v) is 4.23. The zero-order valence-electron chi connectivity index (χ0n) is 13.5. The van der Waals surface area contributed by atoms with Gasteiger partial charge >= 0.3 is 6.61 Å². The predicted molar refractivity (Wildman–Crippen MR) is 88.5 cm³/mol. The maximum atomic E-state index is 12.4. The maximum absolute atomic E-state index is 12.4. The van der Waals surface area contributed by atoms with E-state index in [4.69, 9.17) is 10.5 Å². The van der Waals surface area contributed by atoms with Crippen LogP contribution in [0, 0.1) is 5.92 Å². The van der Waals surface area contributed by atoms with Gasteiger partial charge in [-0.2, -0.15) is 8.78 Å². The molecule has 0 aliphatic carbocycles. The van der Waals surface area contributed by atoms with Crippen molar-refractivity contribution in [3.05, 3.63) is 23.8 Å². The lowest BCUT2D eigenvalue weighted by molar-refractivity contribution is -0.0512. The summed E-state index contributed by atoms with van der Waals surface area (Å²) in [5.74, 6) is 0.977. The fourth-order valence-electron chi connectivity index (χ4n) is 2.90. The van der Waals surface area contributed by atoms with E-state index in [1.807, 2.05) is 6.07 Å². The first-order valence-electron chi connectivity index (χ1n) is 7.59. The Bertz CT molecular complexity index is 481. The number of benzene rings is 1. The molecule has 1 aliphatic rings. The highest BCUT2D eigenvalue weighted by Gasteiger charge is 2.22. The summed E-state index contributed by atoms with van der Waals surface area (Å²) < 4.78 is 34.5. The molecular weight excluding hydrogens is 326 g/mol. The number of ether oxygens (including phenoxy) is 2.